The number of nitrogens with zero attached hydrogens (tertiary/aromatic N) is 2. The molecule has 1 unspecified atom stereocenters. The first-order valence-corrected chi connectivity index (χ1v) is 10.3. The molecule has 2 aliphatic rings. The van der Waals surface area contributed by atoms with Crippen molar-refractivity contribution in [3.05, 3.63) is 63.1 Å². The first-order chi connectivity index (χ1) is 15.2. The quantitative estimate of drug-likeness (QED) is 0.751. The molecule has 4 rings (SSSR count). The fourth-order valence-electron chi connectivity index (χ4n) is 4.17. The molecule has 170 valence electrons. The number of carbonyl (C=O) groups excluding carboxylic acids is 2. The van der Waals surface area contributed by atoms with Gasteiger partial charge in [0.15, 0.2) is 17.7 Å². The number of fused-ring (bicyclic) bond motifs is 2. The van der Waals surface area contributed by atoms with Crippen LogP contribution in [-0.4, -0.2) is 44.8 Å². The first-order valence-electron chi connectivity index (χ1n) is 10.3. The van der Waals surface area contributed by atoms with Crippen molar-refractivity contribution in [2.24, 2.45) is 0 Å². The molecule has 0 saturated carbocycles. The Morgan fingerprint density at radius 3 is 2.72 bits per heavy atom. The number of hydrogen-bond donors (Lipinski definition) is 2. The van der Waals surface area contributed by atoms with Gasteiger partial charge in [0.25, 0.3) is 11.8 Å². The van der Waals surface area contributed by atoms with Crippen LogP contribution in [0.1, 0.15) is 53.1 Å². The zero-order valence-electron chi connectivity index (χ0n) is 17.6. The molecule has 0 bridgehead atoms. The molecule has 3 atom stereocenters. The van der Waals surface area contributed by atoms with E-state index >= 15 is 0 Å². The molecule has 3 heterocycles. The van der Waals surface area contributed by atoms with Crippen molar-refractivity contribution < 1.29 is 28.2 Å². The fourth-order valence-corrected chi connectivity index (χ4v) is 4.17. The smallest absolute Gasteiger partial charge is 0.276 e. The van der Waals surface area contributed by atoms with Crippen LogP contribution in [0.4, 0.5) is 8.78 Å². The van der Waals surface area contributed by atoms with E-state index in [-0.39, 0.29) is 36.5 Å². The van der Waals surface area contributed by atoms with E-state index in [4.69, 9.17) is 4.74 Å². The van der Waals surface area contributed by atoms with Crippen LogP contribution < -0.4 is 10.7 Å². The van der Waals surface area contributed by atoms with Crippen LogP contribution >= 0.6 is 0 Å². The van der Waals surface area contributed by atoms with E-state index < -0.39 is 46.4 Å². The topological polar surface area (TPSA) is 101 Å². The highest BCUT2D eigenvalue weighted by Crippen LogP contribution is 2.30. The number of nitrogens with one attached hydrogen (secondary N) is 1. The summed E-state index contributed by atoms with van der Waals surface area (Å²) in [5.74, 6) is -3.81. The van der Waals surface area contributed by atoms with Gasteiger partial charge in [-0.25, -0.2) is 8.78 Å². The van der Waals surface area contributed by atoms with Crippen LogP contribution in [0.15, 0.2) is 29.2 Å². The summed E-state index contributed by atoms with van der Waals surface area (Å²) in [5, 5.41) is 12.9. The average Bonchev–Trinajstić information content (AvgIpc) is 2.87. The molecule has 10 heteroatoms. The minimum atomic E-state index is -1.00. The zero-order chi connectivity index (χ0) is 23.2. The normalized spacial score (nSPS) is 22.7. The number of benzene rings is 1. The molecule has 2 amide bonds. The minimum Gasteiger partial charge on any atom is -0.503 e. The van der Waals surface area contributed by atoms with Gasteiger partial charge < -0.3 is 24.6 Å². The third-order valence-corrected chi connectivity index (χ3v) is 5.91. The molecule has 2 aliphatic heterocycles. The molecule has 2 N–H and O–H groups in total. The van der Waals surface area contributed by atoms with Gasteiger partial charge in [0.05, 0.1) is 12.6 Å². The number of halogens is 2. The maximum Gasteiger partial charge on any atom is 0.276 e. The van der Waals surface area contributed by atoms with E-state index in [9.17, 15) is 28.3 Å². The Kier molecular flexibility index (Phi) is 5.72. The summed E-state index contributed by atoms with van der Waals surface area (Å²) < 4.78 is 34.2. The summed E-state index contributed by atoms with van der Waals surface area (Å²) in [6.07, 6.45) is 1.99. The van der Waals surface area contributed by atoms with Crippen LogP contribution in [0.3, 0.4) is 0 Å². The molecule has 1 aromatic heterocycles. The second-order valence-corrected chi connectivity index (χ2v) is 8.18. The standard InChI is InChI=1S/C22H23F2N3O5/c1-11-3-4-12(2)32-17-10-26-9-15(19(28)20(29)18(26)22(31)27(11)17)21(30)25-8-13-5-6-14(23)7-16(13)24/h5-7,9,11-12,17,29H,3-4,8,10H2,1-2H3,(H,25,30)/t11-,12+,17?/m1/s1. The van der Waals surface area contributed by atoms with Crippen LogP contribution in [0.2, 0.25) is 0 Å². The monoisotopic (exact) mass is 447 g/mol. The third-order valence-electron chi connectivity index (χ3n) is 5.91. The molecule has 8 nitrogen and oxygen atoms in total. The Hall–Kier alpha value is -3.27. The summed E-state index contributed by atoms with van der Waals surface area (Å²) >= 11 is 0. The molecule has 0 spiro atoms. The molecule has 0 radical (unpaired) electrons. The second-order valence-electron chi connectivity index (χ2n) is 8.18. The van der Waals surface area contributed by atoms with Gasteiger partial charge in [0.1, 0.15) is 17.2 Å². The van der Waals surface area contributed by atoms with Gasteiger partial charge in [-0.2, -0.15) is 0 Å². The first kappa shape index (κ1) is 21.9. The number of aromatic nitrogens is 1. The molecule has 0 aliphatic carbocycles. The molecular formula is C22H23F2N3O5. The van der Waals surface area contributed by atoms with Crippen molar-refractivity contribution in [2.45, 2.75) is 58.2 Å². The summed E-state index contributed by atoms with van der Waals surface area (Å²) in [6, 6.07) is 2.78. The SMILES string of the molecule is C[C@@H]1CC[C@H](C)OC2Cn3cc(C(=O)NCc4ccc(F)cc4F)c(=O)c(O)c3C(=O)N21. The maximum absolute atomic E-state index is 13.8. The largest absolute Gasteiger partial charge is 0.503 e. The van der Waals surface area contributed by atoms with Crippen LogP contribution in [0, 0.1) is 11.6 Å². The third kappa shape index (κ3) is 3.86. The van der Waals surface area contributed by atoms with Gasteiger partial charge >= 0.3 is 0 Å². The zero-order valence-corrected chi connectivity index (χ0v) is 17.6. The Balaban J connectivity index is 1.64. The van der Waals surface area contributed by atoms with Crippen LogP contribution in [0.5, 0.6) is 5.75 Å². The van der Waals surface area contributed by atoms with Gasteiger partial charge in [0, 0.05) is 30.4 Å². The molecular weight excluding hydrogens is 424 g/mol. The second kappa shape index (κ2) is 8.34. The van der Waals surface area contributed by atoms with Crippen molar-refractivity contribution in [2.75, 3.05) is 0 Å². The summed E-state index contributed by atoms with van der Waals surface area (Å²) in [5.41, 5.74) is -1.57. The Morgan fingerprint density at radius 1 is 1.25 bits per heavy atom. The summed E-state index contributed by atoms with van der Waals surface area (Å²) in [6.45, 7) is 3.64. The lowest BCUT2D eigenvalue weighted by atomic mass is 10.1. The van der Waals surface area contributed by atoms with E-state index in [1.54, 1.807) is 0 Å². The molecule has 2 aromatic rings. The highest BCUT2D eigenvalue weighted by Gasteiger charge is 2.41. The lowest BCUT2D eigenvalue weighted by Crippen LogP contribution is -2.53. The fraction of sp³-hybridized carbons (Fsp3) is 0.409. The van der Waals surface area contributed by atoms with Crippen molar-refractivity contribution >= 4 is 11.8 Å². The van der Waals surface area contributed by atoms with Gasteiger partial charge in [-0.3, -0.25) is 14.4 Å². The Bertz CT molecular complexity index is 1150. The Morgan fingerprint density at radius 2 is 2.00 bits per heavy atom. The van der Waals surface area contributed by atoms with Gasteiger partial charge in [-0.1, -0.05) is 6.07 Å². The van der Waals surface area contributed by atoms with Crippen molar-refractivity contribution in [1.82, 2.24) is 14.8 Å². The summed E-state index contributed by atoms with van der Waals surface area (Å²) in [7, 11) is 0. The van der Waals surface area contributed by atoms with E-state index in [1.807, 2.05) is 13.8 Å². The van der Waals surface area contributed by atoms with Gasteiger partial charge in [0.2, 0.25) is 5.43 Å². The lowest BCUT2D eigenvalue weighted by molar-refractivity contribution is -0.0875. The van der Waals surface area contributed by atoms with Gasteiger partial charge in [-0.05, 0) is 32.8 Å². The van der Waals surface area contributed by atoms with Crippen LogP contribution in [-0.2, 0) is 17.8 Å². The number of pyridine rings is 1. The number of ether oxygens (including phenoxy) is 1. The average molecular weight is 447 g/mol. The Labute approximate surface area is 182 Å². The van der Waals surface area contributed by atoms with E-state index in [1.165, 1.54) is 21.7 Å². The highest BCUT2D eigenvalue weighted by molar-refractivity contribution is 5.99. The van der Waals surface area contributed by atoms with Crippen molar-refractivity contribution in [1.29, 1.82) is 0 Å². The molecule has 32 heavy (non-hydrogen) atoms. The van der Waals surface area contributed by atoms with E-state index in [0.29, 0.717) is 6.07 Å². The minimum absolute atomic E-state index is 0.0303. The predicted octanol–water partition coefficient (Wildman–Crippen LogP) is 2.13. The van der Waals surface area contributed by atoms with Gasteiger partial charge in [-0.15, -0.1) is 0 Å². The summed E-state index contributed by atoms with van der Waals surface area (Å²) in [4.78, 5) is 39.9. The number of amides is 2. The van der Waals surface area contributed by atoms with E-state index in [0.717, 1.165) is 18.9 Å². The highest BCUT2D eigenvalue weighted by atomic mass is 19.1. The number of carbonyl (C=O) groups is 2. The van der Waals surface area contributed by atoms with Crippen LogP contribution in [0.25, 0.3) is 0 Å². The number of rotatable bonds is 3. The number of aromatic hydroxyl groups is 1. The van der Waals surface area contributed by atoms with Crippen molar-refractivity contribution in [3.63, 3.8) is 0 Å². The molecule has 1 aromatic carbocycles. The van der Waals surface area contributed by atoms with E-state index in [2.05, 4.69) is 5.32 Å². The molecule has 1 saturated heterocycles. The maximum atomic E-state index is 13.8. The molecule has 1 fully saturated rings. The predicted molar refractivity (Wildman–Crippen MR) is 109 cm³/mol. The number of hydrogen-bond acceptors (Lipinski definition) is 5. The lowest BCUT2D eigenvalue weighted by Gasteiger charge is -2.39. The van der Waals surface area contributed by atoms with Crippen molar-refractivity contribution in [3.8, 4) is 5.75 Å².